The van der Waals surface area contributed by atoms with Crippen molar-refractivity contribution in [2.75, 3.05) is 18.4 Å². The van der Waals surface area contributed by atoms with E-state index in [0.717, 1.165) is 0 Å². The lowest BCUT2D eigenvalue weighted by Crippen LogP contribution is -2.49. The van der Waals surface area contributed by atoms with Gasteiger partial charge in [-0.25, -0.2) is 5.48 Å². The SMILES string of the molecule is C#CCN1C(=O)CNC(=O)/C1=C/c1ccc(C(=O)Nc2cccc(C(=O)NO)c2)cc1. The van der Waals surface area contributed by atoms with Gasteiger partial charge in [0.1, 0.15) is 5.70 Å². The van der Waals surface area contributed by atoms with E-state index in [0.29, 0.717) is 16.8 Å². The molecule has 9 nitrogen and oxygen atoms in total. The number of amides is 4. The molecule has 0 atom stereocenters. The van der Waals surface area contributed by atoms with Crippen molar-refractivity contribution in [3.05, 3.63) is 70.9 Å². The first-order valence-electron chi connectivity index (χ1n) is 9.12. The Kier molecular flexibility index (Phi) is 6.45. The second kappa shape index (κ2) is 9.39. The van der Waals surface area contributed by atoms with Crippen LogP contribution in [0, 0.1) is 12.3 Å². The largest absolute Gasteiger partial charge is 0.342 e. The van der Waals surface area contributed by atoms with E-state index in [1.54, 1.807) is 36.4 Å². The number of benzene rings is 2. The topological polar surface area (TPSA) is 128 Å². The average molecular weight is 418 g/mol. The van der Waals surface area contributed by atoms with Crippen LogP contribution in [0.15, 0.2) is 54.2 Å². The molecule has 0 aromatic heterocycles. The molecule has 0 bridgehead atoms. The van der Waals surface area contributed by atoms with Crippen LogP contribution in [0.4, 0.5) is 5.69 Å². The van der Waals surface area contributed by atoms with Crippen LogP contribution in [0.2, 0.25) is 0 Å². The number of nitrogens with zero attached hydrogens (tertiary/aromatic N) is 1. The zero-order valence-electron chi connectivity index (χ0n) is 16.2. The van der Waals surface area contributed by atoms with Crippen LogP contribution in [0.5, 0.6) is 0 Å². The number of carbonyl (C=O) groups excluding carboxylic acids is 4. The summed E-state index contributed by atoms with van der Waals surface area (Å²) in [5.74, 6) is 0.523. The van der Waals surface area contributed by atoms with Gasteiger partial charge in [-0.1, -0.05) is 24.1 Å². The molecule has 9 heteroatoms. The first-order valence-corrected chi connectivity index (χ1v) is 9.12. The summed E-state index contributed by atoms with van der Waals surface area (Å²) < 4.78 is 0. The highest BCUT2D eigenvalue weighted by Crippen LogP contribution is 2.17. The Morgan fingerprint density at radius 1 is 1.13 bits per heavy atom. The van der Waals surface area contributed by atoms with E-state index >= 15 is 0 Å². The van der Waals surface area contributed by atoms with Gasteiger partial charge >= 0.3 is 0 Å². The van der Waals surface area contributed by atoms with Gasteiger partial charge in [0.25, 0.3) is 17.7 Å². The predicted molar refractivity (Wildman–Crippen MR) is 112 cm³/mol. The highest BCUT2D eigenvalue weighted by Gasteiger charge is 2.28. The molecule has 1 saturated heterocycles. The van der Waals surface area contributed by atoms with E-state index in [-0.39, 0.29) is 30.3 Å². The molecule has 4 N–H and O–H groups in total. The summed E-state index contributed by atoms with van der Waals surface area (Å²) in [7, 11) is 0. The fraction of sp³-hybridized carbons (Fsp3) is 0.0909. The van der Waals surface area contributed by atoms with Crippen molar-refractivity contribution in [3.63, 3.8) is 0 Å². The van der Waals surface area contributed by atoms with Crippen LogP contribution in [-0.2, 0) is 9.59 Å². The molecule has 0 aliphatic carbocycles. The minimum Gasteiger partial charge on any atom is -0.342 e. The Labute approximate surface area is 177 Å². The summed E-state index contributed by atoms with van der Waals surface area (Å²) in [6.45, 7) is -0.135. The lowest BCUT2D eigenvalue weighted by atomic mass is 10.1. The molecular formula is C22H18N4O5. The lowest BCUT2D eigenvalue weighted by molar-refractivity contribution is -0.135. The Hall–Kier alpha value is -4.42. The Morgan fingerprint density at radius 2 is 1.87 bits per heavy atom. The molecule has 0 spiro atoms. The van der Waals surface area contributed by atoms with Gasteiger partial charge in [0.2, 0.25) is 5.91 Å². The smallest absolute Gasteiger partial charge is 0.274 e. The summed E-state index contributed by atoms with van der Waals surface area (Å²) >= 11 is 0. The van der Waals surface area contributed by atoms with Gasteiger partial charge in [0.15, 0.2) is 0 Å². The Bertz CT molecular complexity index is 1120. The second-order valence-electron chi connectivity index (χ2n) is 6.49. The lowest BCUT2D eigenvalue weighted by Gasteiger charge is -2.27. The van der Waals surface area contributed by atoms with Crippen molar-refractivity contribution in [1.29, 1.82) is 0 Å². The van der Waals surface area contributed by atoms with Crippen molar-refractivity contribution in [3.8, 4) is 12.3 Å². The van der Waals surface area contributed by atoms with Gasteiger partial charge in [0, 0.05) is 16.8 Å². The van der Waals surface area contributed by atoms with Crippen molar-refractivity contribution >= 4 is 35.4 Å². The fourth-order valence-electron chi connectivity index (χ4n) is 2.90. The molecule has 1 aliphatic heterocycles. The van der Waals surface area contributed by atoms with E-state index in [1.807, 2.05) is 0 Å². The summed E-state index contributed by atoms with van der Waals surface area (Å²) in [4.78, 5) is 49.4. The van der Waals surface area contributed by atoms with Gasteiger partial charge < -0.3 is 10.6 Å². The molecule has 2 aromatic rings. The van der Waals surface area contributed by atoms with E-state index in [9.17, 15) is 19.2 Å². The number of terminal acetylenes is 1. The maximum Gasteiger partial charge on any atom is 0.274 e. The second-order valence-corrected chi connectivity index (χ2v) is 6.49. The molecule has 4 amide bonds. The minimum absolute atomic E-state index is 0.0219. The summed E-state index contributed by atoms with van der Waals surface area (Å²) in [6.07, 6.45) is 6.81. The standard InChI is InChI=1S/C22H18N4O5/c1-2-10-26-18(22(30)23-13-19(26)27)11-14-6-8-15(9-7-14)20(28)24-17-5-3-4-16(12-17)21(29)25-31/h1,3-9,11-12,31H,10,13H2,(H,23,30)(H,24,28)(H,25,29)/b18-11-. The number of hydrogen-bond donors (Lipinski definition) is 4. The molecule has 1 fully saturated rings. The van der Waals surface area contributed by atoms with Crippen molar-refractivity contribution in [1.82, 2.24) is 15.7 Å². The van der Waals surface area contributed by atoms with Crippen molar-refractivity contribution < 1.29 is 24.4 Å². The fourth-order valence-corrected chi connectivity index (χ4v) is 2.90. The van der Waals surface area contributed by atoms with E-state index < -0.39 is 17.7 Å². The molecule has 0 saturated carbocycles. The van der Waals surface area contributed by atoms with Crippen LogP contribution in [0.1, 0.15) is 26.3 Å². The van der Waals surface area contributed by atoms with E-state index in [4.69, 9.17) is 11.6 Å². The van der Waals surface area contributed by atoms with Gasteiger partial charge in [-0.2, -0.15) is 0 Å². The molecular weight excluding hydrogens is 400 g/mol. The van der Waals surface area contributed by atoms with Gasteiger partial charge in [0.05, 0.1) is 13.1 Å². The zero-order valence-corrected chi connectivity index (χ0v) is 16.2. The van der Waals surface area contributed by atoms with Crippen molar-refractivity contribution in [2.45, 2.75) is 0 Å². The average Bonchev–Trinajstić information content (AvgIpc) is 2.78. The number of rotatable bonds is 5. The van der Waals surface area contributed by atoms with Gasteiger partial charge in [-0.05, 0) is 42.0 Å². The quantitative estimate of drug-likeness (QED) is 0.249. The summed E-state index contributed by atoms with van der Waals surface area (Å²) in [5, 5.41) is 13.9. The predicted octanol–water partition coefficient (Wildman–Crippen LogP) is 0.990. The van der Waals surface area contributed by atoms with Gasteiger partial charge in [-0.3, -0.25) is 29.3 Å². The van der Waals surface area contributed by atoms with Crippen LogP contribution in [0.25, 0.3) is 6.08 Å². The maximum atomic E-state index is 12.5. The third kappa shape index (κ3) is 4.95. The third-order valence-electron chi connectivity index (χ3n) is 4.43. The Morgan fingerprint density at radius 3 is 2.55 bits per heavy atom. The number of piperazine rings is 1. The normalized spacial score (nSPS) is 14.6. The number of carbonyl (C=O) groups is 4. The molecule has 0 unspecified atom stereocenters. The highest BCUT2D eigenvalue weighted by molar-refractivity contribution is 6.07. The maximum absolute atomic E-state index is 12.5. The number of nitrogens with one attached hydrogen (secondary N) is 3. The molecule has 2 aromatic carbocycles. The Balaban J connectivity index is 1.77. The zero-order chi connectivity index (χ0) is 22.4. The van der Waals surface area contributed by atoms with Crippen LogP contribution >= 0.6 is 0 Å². The molecule has 1 heterocycles. The molecule has 156 valence electrons. The molecule has 31 heavy (non-hydrogen) atoms. The summed E-state index contributed by atoms with van der Waals surface area (Å²) in [5.41, 5.74) is 3.15. The number of hydrogen-bond acceptors (Lipinski definition) is 5. The van der Waals surface area contributed by atoms with E-state index in [2.05, 4.69) is 16.6 Å². The first-order chi connectivity index (χ1) is 14.9. The monoisotopic (exact) mass is 418 g/mol. The number of hydroxylamine groups is 1. The molecule has 3 rings (SSSR count). The molecule has 0 radical (unpaired) electrons. The van der Waals surface area contributed by atoms with Crippen LogP contribution in [-0.4, -0.2) is 46.8 Å². The van der Waals surface area contributed by atoms with Crippen LogP contribution < -0.4 is 16.1 Å². The molecule has 1 aliphatic rings. The van der Waals surface area contributed by atoms with Gasteiger partial charge in [-0.15, -0.1) is 6.42 Å². The number of anilines is 1. The van der Waals surface area contributed by atoms with E-state index in [1.165, 1.54) is 28.6 Å². The summed E-state index contributed by atoms with van der Waals surface area (Å²) in [6, 6.07) is 12.4. The highest BCUT2D eigenvalue weighted by atomic mass is 16.5. The van der Waals surface area contributed by atoms with Crippen LogP contribution in [0.3, 0.4) is 0 Å². The van der Waals surface area contributed by atoms with Crippen molar-refractivity contribution in [2.24, 2.45) is 0 Å². The third-order valence-corrected chi connectivity index (χ3v) is 4.43. The minimum atomic E-state index is -0.697. The first kappa shape index (κ1) is 21.3.